The lowest BCUT2D eigenvalue weighted by Crippen LogP contribution is -2.20. The number of thioether (sulfide) groups is 1. The fourth-order valence-corrected chi connectivity index (χ4v) is 3.17. The van der Waals surface area contributed by atoms with Crippen molar-refractivity contribution in [1.82, 2.24) is 9.78 Å². The van der Waals surface area contributed by atoms with Crippen molar-refractivity contribution in [3.8, 4) is 17.2 Å². The van der Waals surface area contributed by atoms with Gasteiger partial charge in [-0.1, -0.05) is 11.8 Å². The van der Waals surface area contributed by atoms with Crippen LogP contribution in [-0.2, 0) is 4.79 Å². The molecule has 2 aromatic carbocycles. The van der Waals surface area contributed by atoms with Crippen molar-refractivity contribution in [1.29, 1.82) is 0 Å². The average molecular weight is 411 g/mol. The monoisotopic (exact) mass is 411 g/mol. The van der Waals surface area contributed by atoms with Gasteiger partial charge >= 0.3 is 0 Å². The van der Waals surface area contributed by atoms with Gasteiger partial charge in [-0.3, -0.25) is 9.59 Å². The number of hydrogen-bond acceptors (Lipinski definition) is 6. The maximum absolute atomic E-state index is 12.2. The van der Waals surface area contributed by atoms with Crippen molar-refractivity contribution in [2.75, 3.05) is 24.8 Å². The highest BCUT2D eigenvalue weighted by Crippen LogP contribution is 2.18. The van der Waals surface area contributed by atoms with Gasteiger partial charge < -0.3 is 14.8 Å². The minimum Gasteiger partial charge on any atom is -0.497 e. The van der Waals surface area contributed by atoms with Crippen molar-refractivity contribution >= 4 is 23.4 Å². The summed E-state index contributed by atoms with van der Waals surface area (Å²) in [5.41, 5.74) is 1.06. The molecule has 0 fully saturated rings. The van der Waals surface area contributed by atoms with E-state index < -0.39 is 0 Å². The average Bonchev–Trinajstić information content (AvgIpc) is 2.75. The van der Waals surface area contributed by atoms with Gasteiger partial charge in [0.05, 0.1) is 25.2 Å². The summed E-state index contributed by atoms with van der Waals surface area (Å²) in [5, 5.41) is 7.74. The van der Waals surface area contributed by atoms with Gasteiger partial charge in [-0.05, 0) is 61.5 Å². The Hall–Kier alpha value is -3.26. The van der Waals surface area contributed by atoms with Crippen LogP contribution in [0.2, 0.25) is 0 Å². The predicted molar refractivity (Wildman–Crippen MR) is 113 cm³/mol. The number of carbonyl (C=O) groups excluding carboxylic acids is 1. The van der Waals surface area contributed by atoms with Crippen LogP contribution in [0.4, 0.5) is 5.69 Å². The molecule has 1 heterocycles. The molecule has 0 bridgehead atoms. The van der Waals surface area contributed by atoms with Crippen LogP contribution in [0.5, 0.6) is 11.5 Å². The second-order valence-electron chi connectivity index (χ2n) is 5.91. The first-order valence-electron chi connectivity index (χ1n) is 8.99. The first kappa shape index (κ1) is 20.5. The smallest absolute Gasteiger partial charge is 0.271 e. The molecule has 7 nitrogen and oxygen atoms in total. The summed E-state index contributed by atoms with van der Waals surface area (Å²) in [5.74, 6) is 1.45. The Bertz CT molecular complexity index is 1020. The Morgan fingerprint density at radius 1 is 1.03 bits per heavy atom. The first-order chi connectivity index (χ1) is 14.1. The molecule has 0 aliphatic rings. The summed E-state index contributed by atoms with van der Waals surface area (Å²) in [6, 6.07) is 17.2. The molecule has 150 valence electrons. The molecule has 3 rings (SSSR count). The van der Waals surface area contributed by atoms with E-state index in [0.717, 1.165) is 5.75 Å². The second-order valence-corrected chi connectivity index (χ2v) is 6.91. The maximum Gasteiger partial charge on any atom is 0.271 e. The summed E-state index contributed by atoms with van der Waals surface area (Å²) in [7, 11) is 1.58. The highest BCUT2D eigenvalue weighted by atomic mass is 32.2. The van der Waals surface area contributed by atoms with Crippen LogP contribution in [0.15, 0.2) is 70.5 Å². The van der Waals surface area contributed by atoms with Gasteiger partial charge in [0, 0.05) is 11.8 Å². The summed E-state index contributed by atoms with van der Waals surface area (Å²) < 4.78 is 11.8. The SMILES string of the molecule is CCOc1ccc(NC(=O)CSc2ccc(=O)n(-c3ccc(OC)cc3)n2)cc1. The van der Waals surface area contributed by atoms with E-state index in [2.05, 4.69) is 10.4 Å². The highest BCUT2D eigenvalue weighted by molar-refractivity contribution is 7.99. The molecule has 0 saturated heterocycles. The van der Waals surface area contributed by atoms with Gasteiger partial charge in [0.25, 0.3) is 5.56 Å². The van der Waals surface area contributed by atoms with Gasteiger partial charge in [-0.2, -0.15) is 9.78 Å². The van der Waals surface area contributed by atoms with Crippen LogP contribution in [0, 0.1) is 0 Å². The molecule has 0 saturated carbocycles. The van der Waals surface area contributed by atoms with E-state index in [1.165, 1.54) is 22.5 Å². The number of aromatic nitrogens is 2. The van der Waals surface area contributed by atoms with Gasteiger partial charge in [0.1, 0.15) is 16.5 Å². The number of methoxy groups -OCH3 is 1. The summed E-state index contributed by atoms with van der Waals surface area (Å²) in [6.07, 6.45) is 0. The zero-order valence-electron chi connectivity index (χ0n) is 16.1. The lowest BCUT2D eigenvalue weighted by molar-refractivity contribution is -0.113. The third kappa shape index (κ3) is 5.61. The van der Waals surface area contributed by atoms with Gasteiger partial charge in [-0.25, -0.2) is 0 Å². The Kier molecular flexibility index (Phi) is 6.91. The molecule has 1 amide bonds. The summed E-state index contributed by atoms with van der Waals surface area (Å²) >= 11 is 1.25. The highest BCUT2D eigenvalue weighted by Gasteiger charge is 2.08. The minimum atomic E-state index is -0.252. The van der Waals surface area contributed by atoms with Crippen LogP contribution < -0.4 is 20.3 Å². The second kappa shape index (κ2) is 9.79. The van der Waals surface area contributed by atoms with E-state index in [0.29, 0.717) is 28.8 Å². The van der Waals surface area contributed by atoms with E-state index in [1.807, 2.05) is 6.92 Å². The number of carbonyl (C=O) groups is 1. The fraction of sp³-hybridized carbons (Fsp3) is 0.190. The fourth-order valence-electron chi connectivity index (χ4n) is 2.52. The quantitative estimate of drug-likeness (QED) is 0.573. The van der Waals surface area contributed by atoms with Crippen molar-refractivity contribution in [3.05, 3.63) is 71.0 Å². The predicted octanol–water partition coefficient (Wildman–Crippen LogP) is 3.37. The molecule has 3 aromatic rings. The van der Waals surface area contributed by atoms with E-state index >= 15 is 0 Å². The number of rotatable bonds is 8. The molecule has 0 aliphatic carbocycles. The topological polar surface area (TPSA) is 82.5 Å². The van der Waals surface area contributed by atoms with Crippen LogP contribution in [-0.4, -0.2) is 35.2 Å². The number of anilines is 1. The molecule has 1 aromatic heterocycles. The van der Waals surface area contributed by atoms with Crippen molar-refractivity contribution in [3.63, 3.8) is 0 Å². The van der Waals surface area contributed by atoms with Crippen LogP contribution in [0.3, 0.4) is 0 Å². The largest absolute Gasteiger partial charge is 0.497 e. The van der Waals surface area contributed by atoms with Crippen molar-refractivity contribution in [2.24, 2.45) is 0 Å². The van der Waals surface area contributed by atoms with Gasteiger partial charge in [-0.15, -0.1) is 0 Å². The molecule has 29 heavy (non-hydrogen) atoms. The molecular formula is C21H21N3O4S. The van der Waals surface area contributed by atoms with E-state index in [1.54, 1.807) is 61.7 Å². The minimum absolute atomic E-state index is 0.164. The van der Waals surface area contributed by atoms with E-state index in [-0.39, 0.29) is 17.2 Å². The van der Waals surface area contributed by atoms with E-state index in [9.17, 15) is 9.59 Å². The summed E-state index contributed by atoms with van der Waals surface area (Å²) in [4.78, 5) is 24.4. The standard InChI is InChI=1S/C21H21N3O4S/c1-3-28-18-8-4-15(5-9-18)22-19(25)14-29-20-12-13-21(26)24(23-20)16-6-10-17(27-2)11-7-16/h4-13H,3,14H2,1-2H3,(H,22,25). The first-order valence-corrected chi connectivity index (χ1v) is 9.98. The Morgan fingerprint density at radius 2 is 1.72 bits per heavy atom. The maximum atomic E-state index is 12.2. The zero-order valence-corrected chi connectivity index (χ0v) is 16.9. The molecule has 1 N–H and O–H groups in total. The number of nitrogens with zero attached hydrogens (tertiary/aromatic N) is 2. The normalized spacial score (nSPS) is 10.4. The molecule has 0 aliphatic heterocycles. The molecule has 8 heteroatoms. The number of nitrogens with one attached hydrogen (secondary N) is 1. The number of ether oxygens (including phenoxy) is 2. The van der Waals surface area contributed by atoms with Gasteiger partial charge in [0.2, 0.25) is 5.91 Å². The lowest BCUT2D eigenvalue weighted by atomic mass is 10.3. The molecular weight excluding hydrogens is 390 g/mol. The third-order valence-corrected chi connectivity index (χ3v) is 4.81. The molecule has 0 radical (unpaired) electrons. The van der Waals surface area contributed by atoms with Gasteiger partial charge in [0.15, 0.2) is 0 Å². The van der Waals surface area contributed by atoms with Crippen molar-refractivity contribution < 1.29 is 14.3 Å². The number of hydrogen-bond donors (Lipinski definition) is 1. The Labute approximate surface area is 172 Å². The third-order valence-electron chi connectivity index (χ3n) is 3.89. The van der Waals surface area contributed by atoms with Crippen LogP contribution in [0.1, 0.15) is 6.92 Å². The Balaban J connectivity index is 1.62. The summed E-state index contributed by atoms with van der Waals surface area (Å²) in [6.45, 7) is 2.51. The van der Waals surface area contributed by atoms with Crippen LogP contribution >= 0.6 is 11.8 Å². The number of amides is 1. The molecule has 0 atom stereocenters. The lowest BCUT2D eigenvalue weighted by Gasteiger charge is -2.09. The Morgan fingerprint density at radius 3 is 2.38 bits per heavy atom. The van der Waals surface area contributed by atoms with Crippen LogP contribution in [0.25, 0.3) is 5.69 Å². The van der Waals surface area contributed by atoms with E-state index in [4.69, 9.17) is 9.47 Å². The molecule has 0 spiro atoms. The molecule has 0 unspecified atom stereocenters. The zero-order chi connectivity index (χ0) is 20.6. The number of benzene rings is 2. The van der Waals surface area contributed by atoms with Crippen molar-refractivity contribution in [2.45, 2.75) is 11.9 Å².